The fourth-order valence-corrected chi connectivity index (χ4v) is 2.14. The van der Waals surface area contributed by atoms with Crippen LogP contribution in [0.3, 0.4) is 0 Å². The van der Waals surface area contributed by atoms with Crippen LogP contribution in [0, 0.1) is 0 Å². The van der Waals surface area contributed by atoms with E-state index in [1.54, 1.807) is 6.07 Å². The third kappa shape index (κ3) is 2.98. The highest BCUT2D eigenvalue weighted by atomic mass is 35.5. The van der Waals surface area contributed by atoms with Crippen molar-refractivity contribution >= 4 is 11.6 Å². The molecule has 0 aliphatic carbocycles. The topological polar surface area (TPSA) is 48.6 Å². The Hall–Kier alpha value is -0.550. The lowest BCUT2D eigenvalue weighted by Gasteiger charge is -2.29. The van der Waals surface area contributed by atoms with E-state index in [1.807, 2.05) is 6.07 Å². The summed E-state index contributed by atoms with van der Waals surface area (Å²) in [5.74, 6) is 0.789. The second kappa shape index (κ2) is 5.68. The Labute approximate surface area is 100 Å². The normalized spacial score (nSPS) is 19.9. The van der Waals surface area contributed by atoms with E-state index >= 15 is 0 Å². The van der Waals surface area contributed by atoms with Crippen LogP contribution in [0.2, 0.25) is 5.22 Å². The van der Waals surface area contributed by atoms with Crippen LogP contribution in [0.1, 0.15) is 11.7 Å². The van der Waals surface area contributed by atoms with E-state index in [0.717, 1.165) is 38.5 Å². The van der Waals surface area contributed by atoms with Gasteiger partial charge in [0.1, 0.15) is 5.76 Å². The minimum absolute atomic E-state index is 0.0191. The van der Waals surface area contributed by atoms with Crippen LogP contribution in [0.4, 0.5) is 0 Å². The summed E-state index contributed by atoms with van der Waals surface area (Å²) >= 11 is 5.73. The highest BCUT2D eigenvalue weighted by molar-refractivity contribution is 6.28. The summed E-state index contributed by atoms with van der Waals surface area (Å²) in [4.78, 5) is 2.33. The molecule has 1 atom stereocenters. The third-order valence-corrected chi connectivity index (χ3v) is 3.11. The number of hydrogen-bond acceptors (Lipinski definition) is 4. The zero-order chi connectivity index (χ0) is 11.4. The van der Waals surface area contributed by atoms with E-state index in [-0.39, 0.29) is 12.5 Å². The molecule has 1 unspecified atom stereocenters. The van der Waals surface area contributed by atoms with Crippen LogP contribution in [-0.4, -0.2) is 49.3 Å². The van der Waals surface area contributed by atoms with Crippen LogP contribution in [-0.2, 0) is 0 Å². The van der Waals surface area contributed by atoms with Gasteiger partial charge in [0, 0.05) is 32.7 Å². The number of piperazine rings is 1. The Bertz CT molecular complexity index is 324. The molecule has 0 spiro atoms. The van der Waals surface area contributed by atoms with Gasteiger partial charge >= 0.3 is 0 Å². The molecule has 0 radical (unpaired) electrons. The molecule has 0 amide bonds. The zero-order valence-corrected chi connectivity index (χ0v) is 9.91. The molecule has 0 saturated carbocycles. The molecular formula is C11H17ClN2O2. The Kier molecular flexibility index (Phi) is 4.23. The molecule has 1 aliphatic rings. The Morgan fingerprint density at radius 2 is 2.19 bits per heavy atom. The van der Waals surface area contributed by atoms with Crippen LogP contribution in [0.15, 0.2) is 16.5 Å². The smallest absolute Gasteiger partial charge is 0.193 e. The van der Waals surface area contributed by atoms with Crippen molar-refractivity contribution in [3.05, 3.63) is 23.1 Å². The van der Waals surface area contributed by atoms with Gasteiger partial charge in [-0.25, -0.2) is 0 Å². The molecule has 1 fully saturated rings. The number of rotatable bonds is 4. The van der Waals surface area contributed by atoms with Crippen LogP contribution in [0.5, 0.6) is 0 Å². The van der Waals surface area contributed by atoms with Gasteiger partial charge < -0.3 is 14.8 Å². The van der Waals surface area contributed by atoms with Crippen molar-refractivity contribution in [3.63, 3.8) is 0 Å². The van der Waals surface area contributed by atoms with E-state index in [0.29, 0.717) is 5.22 Å². The van der Waals surface area contributed by atoms with Crippen molar-refractivity contribution in [2.75, 3.05) is 39.3 Å². The van der Waals surface area contributed by atoms with Gasteiger partial charge in [-0.15, -0.1) is 0 Å². The molecule has 0 aromatic carbocycles. The van der Waals surface area contributed by atoms with Gasteiger partial charge in [0.2, 0.25) is 0 Å². The highest BCUT2D eigenvalue weighted by Gasteiger charge is 2.19. The maximum absolute atomic E-state index is 9.37. The number of furan rings is 1. The first-order valence-electron chi connectivity index (χ1n) is 5.59. The standard InChI is InChI=1S/C11H17ClN2O2/c12-11-2-1-10(16-11)9(8-15)7-14-5-3-13-4-6-14/h1-2,9,13,15H,3-8H2. The second-order valence-corrected chi connectivity index (χ2v) is 4.44. The Morgan fingerprint density at radius 1 is 1.44 bits per heavy atom. The third-order valence-electron chi connectivity index (χ3n) is 2.90. The molecule has 2 heterocycles. The van der Waals surface area contributed by atoms with Gasteiger partial charge in [0.15, 0.2) is 5.22 Å². The maximum atomic E-state index is 9.37. The van der Waals surface area contributed by atoms with Crippen molar-refractivity contribution in [2.24, 2.45) is 0 Å². The summed E-state index contributed by atoms with van der Waals surface area (Å²) in [7, 11) is 0. The number of aliphatic hydroxyl groups is 1. The first-order chi connectivity index (χ1) is 7.79. The molecule has 1 aromatic heterocycles. The lowest BCUT2D eigenvalue weighted by atomic mass is 10.1. The Balaban J connectivity index is 1.94. The summed E-state index contributed by atoms with van der Waals surface area (Å²) in [6.07, 6.45) is 0. The monoisotopic (exact) mass is 244 g/mol. The molecule has 1 aliphatic heterocycles. The average Bonchev–Trinajstić information content (AvgIpc) is 2.74. The number of nitrogens with one attached hydrogen (secondary N) is 1. The van der Waals surface area contributed by atoms with Crippen molar-refractivity contribution in [2.45, 2.75) is 5.92 Å². The summed E-state index contributed by atoms with van der Waals surface area (Å²) in [5, 5.41) is 13.1. The van der Waals surface area contributed by atoms with E-state index in [2.05, 4.69) is 10.2 Å². The fourth-order valence-electron chi connectivity index (χ4n) is 1.99. The lowest BCUT2D eigenvalue weighted by molar-refractivity contribution is 0.174. The molecule has 4 nitrogen and oxygen atoms in total. The number of hydrogen-bond donors (Lipinski definition) is 2. The molecule has 5 heteroatoms. The van der Waals surface area contributed by atoms with Gasteiger partial charge in [-0.05, 0) is 23.7 Å². The van der Waals surface area contributed by atoms with Gasteiger partial charge in [-0.3, -0.25) is 4.90 Å². The van der Waals surface area contributed by atoms with Gasteiger partial charge in [0.25, 0.3) is 0 Å². The van der Waals surface area contributed by atoms with Crippen molar-refractivity contribution in [1.82, 2.24) is 10.2 Å². The van der Waals surface area contributed by atoms with E-state index in [4.69, 9.17) is 16.0 Å². The molecule has 2 rings (SSSR count). The number of nitrogens with zero attached hydrogens (tertiary/aromatic N) is 1. The molecule has 16 heavy (non-hydrogen) atoms. The second-order valence-electron chi connectivity index (χ2n) is 4.07. The molecule has 90 valence electrons. The van der Waals surface area contributed by atoms with Crippen LogP contribution in [0.25, 0.3) is 0 Å². The molecular weight excluding hydrogens is 228 g/mol. The maximum Gasteiger partial charge on any atom is 0.193 e. The quantitative estimate of drug-likeness (QED) is 0.827. The highest BCUT2D eigenvalue weighted by Crippen LogP contribution is 2.22. The SMILES string of the molecule is OCC(CN1CCNCC1)c1ccc(Cl)o1. The summed E-state index contributed by atoms with van der Waals surface area (Å²) in [6.45, 7) is 4.97. The van der Waals surface area contributed by atoms with E-state index in [9.17, 15) is 5.11 Å². The first kappa shape index (κ1) is 11.9. The summed E-state index contributed by atoms with van der Waals surface area (Å²) < 4.78 is 5.34. The molecule has 1 aromatic rings. The average molecular weight is 245 g/mol. The summed E-state index contributed by atoms with van der Waals surface area (Å²) in [6, 6.07) is 3.56. The van der Waals surface area contributed by atoms with Crippen molar-refractivity contribution < 1.29 is 9.52 Å². The van der Waals surface area contributed by atoms with E-state index < -0.39 is 0 Å². The molecule has 2 N–H and O–H groups in total. The Morgan fingerprint density at radius 3 is 2.75 bits per heavy atom. The predicted octanol–water partition coefficient (Wildman–Crippen LogP) is 0.914. The lowest BCUT2D eigenvalue weighted by Crippen LogP contribution is -2.45. The largest absolute Gasteiger partial charge is 0.449 e. The minimum Gasteiger partial charge on any atom is -0.449 e. The number of aliphatic hydroxyl groups excluding tert-OH is 1. The van der Waals surface area contributed by atoms with Gasteiger partial charge in [-0.2, -0.15) is 0 Å². The van der Waals surface area contributed by atoms with Gasteiger partial charge in [0.05, 0.1) is 12.5 Å². The zero-order valence-electron chi connectivity index (χ0n) is 9.16. The van der Waals surface area contributed by atoms with Crippen molar-refractivity contribution in [1.29, 1.82) is 0 Å². The molecule has 0 bridgehead atoms. The van der Waals surface area contributed by atoms with E-state index in [1.165, 1.54) is 0 Å². The van der Waals surface area contributed by atoms with Crippen molar-refractivity contribution in [3.8, 4) is 0 Å². The minimum atomic E-state index is 0.0191. The summed E-state index contributed by atoms with van der Waals surface area (Å²) in [5.41, 5.74) is 0. The fraction of sp³-hybridized carbons (Fsp3) is 0.636. The van der Waals surface area contributed by atoms with Crippen LogP contribution < -0.4 is 5.32 Å². The number of halogens is 1. The predicted molar refractivity (Wildman–Crippen MR) is 62.9 cm³/mol. The van der Waals surface area contributed by atoms with Gasteiger partial charge in [-0.1, -0.05) is 0 Å². The van der Waals surface area contributed by atoms with Crippen LogP contribution >= 0.6 is 11.6 Å². The molecule has 1 saturated heterocycles. The first-order valence-corrected chi connectivity index (χ1v) is 5.96.